The summed E-state index contributed by atoms with van der Waals surface area (Å²) in [6.45, 7) is 3.95. The Hall–Kier alpha value is -0.940. The molecule has 2 rings (SSSR count). The summed E-state index contributed by atoms with van der Waals surface area (Å²) in [7, 11) is 0. The average molecular weight is 252 g/mol. The van der Waals surface area contributed by atoms with Gasteiger partial charge in [-0.15, -0.1) is 0 Å². The first kappa shape index (κ1) is 13.5. The van der Waals surface area contributed by atoms with E-state index in [9.17, 15) is 5.11 Å². The van der Waals surface area contributed by atoms with Crippen molar-refractivity contribution in [1.82, 2.24) is 20.1 Å². The van der Waals surface area contributed by atoms with Crippen molar-refractivity contribution in [1.29, 1.82) is 0 Å². The maximum absolute atomic E-state index is 9.64. The highest BCUT2D eigenvalue weighted by Crippen LogP contribution is 2.27. The topological polar surface area (TPSA) is 63.0 Å². The second kappa shape index (κ2) is 6.29. The SMILES string of the molecule is CCCn1ncnc1CNC1(CO)CCCCC1. The molecular weight excluding hydrogens is 228 g/mol. The largest absolute Gasteiger partial charge is 0.394 e. The smallest absolute Gasteiger partial charge is 0.140 e. The highest BCUT2D eigenvalue weighted by atomic mass is 16.3. The van der Waals surface area contributed by atoms with E-state index >= 15 is 0 Å². The van der Waals surface area contributed by atoms with Crippen molar-refractivity contribution in [3.05, 3.63) is 12.2 Å². The van der Waals surface area contributed by atoms with Crippen molar-refractivity contribution >= 4 is 0 Å². The zero-order valence-corrected chi connectivity index (χ0v) is 11.2. The summed E-state index contributed by atoms with van der Waals surface area (Å²) in [4.78, 5) is 4.29. The van der Waals surface area contributed by atoms with Crippen molar-refractivity contribution in [3.63, 3.8) is 0 Å². The van der Waals surface area contributed by atoms with Gasteiger partial charge in [0.25, 0.3) is 0 Å². The zero-order valence-electron chi connectivity index (χ0n) is 11.2. The van der Waals surface area contributed by atoms with Gasteiger partial charge in [-0.3, -0.25) is 0 Å². The standard InChI is InChI=1S/C13H24N4O/c1-2-8-17-12(14-11-16-17)9-15-13(10-18)6-4-3-5-7-13/h11,15,18H,2-10H2,1H3. The van der Waals surface area contributed by atoms with Crippen molar-refractivity contribution in [2.24, 2.45) is 0 Å². The number of aliphatic hydroxyl groups is 1. The molecule has 0 spiro atoms. The molecule has 18 heavy (non-hydrogen) atoms. The van der Waals surface area contributed by atoms with Gasteiger partial charge in [-0.1, -0.05) is 26.2 Å². The van der Waals surface area contributed by atoms with Crippen molar-refractivity contribution in [2.75, 3.05) is 6.61 Å². The highest BCUT2D eigenvalue weighted by molar-refractivity contribution is 4.93. The van der Waals surface area contributed by atoms with Crippen LogP contribution in [0.3, 0.4) is 0 Å². The fraction of sp³-hybridized carbons (Fsp3) is 0.846. The lowest BCUT2D eigenvalue weighted by molar-refractivity contribution is 0.118. The monoisotopic (exact) mass is 252 g/mol. The van der Waals surface area contributed by atoms with E-state index in [1.165, 1.54) is 19.3 Å². The third kappa shape index (κ3) is 3.09. The van der Waals surface area contributed by atoms with Crippen LogP contribution in [0.2, 0.25) is 0 Å². The Bertz CT molecular complexity index is 358. The molecule has 0 aromatic carbocycles. The summed E-state index contributed by atoms with van der Waals surface area (Å²) in [6.07, 6.45) is 8.48. The van der Waals surface area contributed by atoms with Crippen molar-refractivity contribution in [3.8, 4) is 0 Å². The fourth-order valence-electron chi connectivity index (χ4n) is 2.71. The third-order valence-electron chi connectivity index (χ3n) is 3.87. The van der Waals surface area contributed by atoms with Crippen LogP contribution in [0, 0.1) is 0 Å². The second-order valence-corrected chi connectivity index (χ2v) is 5.25. The number of aryl methyl sites for hydroxylation is 1. The predicted octanol–water partition coefficient (Wildman–Crippen LogP) is 1.47. The molecule has 1 aliphatic carbocycles. The molecular formula is C13H24N4O. The molecule has 0 unspecified atom stereocenters. The Kier molecular flexibility index (Phi) is 4.72. The van der Waals surface area contributed by atoms with Crippen LogP contribution in [0.15, 0.2) is 6.33 Å². The van der Waals surface area contributed by atoms with Gasteiger partial charge in [0.05, 0.1) is 13.2 Å². The number of nitrogens with one attached hydrogen (secondary N) is 1. The molecule has 1 saturated carbocycles. The quantitative estimate of drug-likeness (QED) is 0.805. The Balaban J connectivity index is 1.94. The van der Waals surface area contributed by atoms with Gasteiger partial charge in [0.15, 0.2) is 0 Å². The van der Waals surface area contributed by atoms with Gasteiger partial charge in [-0.25, -0.2) is 9.67 Å². The van der Waals surface area contributed by atoms with E-state index in [0.717, 1.165) is 31.6 Å². The first-order valence-corrected chi connectivity index (χ1v) is 7.02. The number of nitrogens with zero attached hydrogens (tertiary/aromatic N) is 3. The first-order chi connectivity index (χ1) is 8.79. The van der Waals surface area contributed by atoms with E-state index in [2.05, 4.69) is 22.3 Å². The fourth-order valence-corrected chi connectivity index (χ4v) is 2.71. The number of aliphatic hydroxyl groups excluding tert-OH is 1. The molecule has 102 valence electrons. The van der Waals surface area contributed by atoms with Crippen LogP contribution >= 0.6 is 0 Å². The van der Waals surface area contributed by atoms with Gasteiger partial charge < -0.3 is 10.4 Å². The molecule has 1 aromatic heterocycles. The van der Waals surface area contributed by atoms with Gasteiger partial charge in [0.1, 0.15) is 12.2 Å². The van der Waals surface area contributed by atoms with Crippen LogP contribution in [0.5, 0.6) is 0 Å². The van der Waals surface area contributed by atoms with Crippen molar-refractivity contribution in [2.45, 2.75) is 64.1 Å². The summed E-state index contributed by atoms with van der Waals surface area (Å²) < 4.78 is 1.95. The second-order valence-electron chi connectivity index (χ2n) is 5.25. The molecule has 1 heterocycles. The summed E-state index contributed by atoms with van der Waals surface area (Å²) in [5, 5.41) is 17.4. The van der Waals surface area contributed by atoms with E-state index in [4.69, 9.17) is 0 Å². The van der Waals surface area contributed by atoms with E-state index < -0.39 is 0 Å². The minimum Gasteiger partial charge on any atom is -0.394 e. The molecule has 5 nitrogen and oxygen atoms in total. The van der Waals surface area contributed by atoms with Crippen molar-refractivity contribution < 1.29 is 5.11 Å². The summed E-state index contributed by atoms with van der Waals surface area (Å²) in [5.41, 5.74) is -0.0960. The molecule has 1 aliphatic rings. The Labute approximate surface area is 109 Å². The van der Waals surface area contributed by atoms with E-state index in [-0.39, 0.29) is 12.1 Å². The number of hydrogen-bond acceptors (Lipinski definition) is 4. The third-order valence-corrected chi connectivity index (χ3v) is 3.87. The normalized spacial score (nSPS) is 19.0. The molecule has 5 heteroatoms. The van der Waals surface area contributed by atoms with E-state index in [0.29, 0.717) is 6.54 Å². The minimum atomic E-state index is -0.0960. The summed E-state index contributed by atoms with van der Waals surface area (Å²) in [6, 6.07) is 0. The molecule has 0 aliphatic heterocycles. The first-order valence-electron chi connectivity index (χ1n) is 7.02. The Morgan fingerprint density at radius 3 is 2.83 bits per heavy atom. The molecule has 2 N–H and O–H groups in total. The molecule has 1 fully saturated rings. The maximum atomic E-state index is 9.64. The van der Waals surface area contributed by atoms with Crippen LogP contribution in [0.1, 0.15) is 51.3 Å². The van der Waals surface area contributed by atoms with Crippen LogP contribution in [-0.2, 0) is 13.1 Å². The molecule has 0 radical (unpaired) electrons. The lowest BCUT2D eigenvalue weighted by atomic mass is 9.82. The summed E-state index contributed by atoms with van der Waals surface area (Å²) in [5.74, 6) is 0.968. The molecule has 0 atom stereocenters. The molecule has 0 saturated heterocycles. The van der Waals surface area contributed by atoms with E-state index in [1.807, 2.05) is 4.68 Å². The van der Waals surface area contributed by atoms with Gasteiger partial charge >= 0.3 is 0 Å². The molecule has 0 bridgehead atoms. The van der Waals surface area contributed by atoms with Crippen LogP contribution in [-0.4, -0.2) is 32.0 Å². The van der Waals surface area contributed by atoms with Gasteiger partial charge in [-0.2, -0.15) is 5.10 Å². The number of hydrogen-bond donors (Lipinski definition) is 2. The Morgan fingerprint density at radius 2 is 2.17 bits per heavy atom. The van der Waals surface area contributed by atoms with E-state index in [1.54, 1.807) is 6.33 Å². The van der Waals surface area contributed by atoms with Gasteiger partial charge in [0, 0.05) is 12.1 Å². The lowest BCUT2D eigenvalue weighted by Crippen LogP contribution is -2.49. The lowest BCUT2D eigenvalue weighted by Gasteiger charge is -2.36. The number of rotatable bonds is 6. The predicted molar refractivity (Wildman–Crippen MR) is 70.1 cm³/mol. The minimum absolute atomic E-state index is 0.0960. The molecule has 1 aromatic rings. The number of aromatic nitrogens is 3. The summed E-state index contributed by atoms with van der Waals surface area (Å²) >= 11 is 0. The van der Waals surface area contributed by atoms with Gasteiger partial charge in [-0.05, 0) is 19.3 Å². The van der Waals surface area contributed by atoms with Crippen LogP contribution in [0.4, 0.5) is 0 Å². The Morgan fingerprint density at radius 1 is 1.39 bits per heavy atom. The van der Waals surface area contributed by atoms with Crippen LogP contribution in [0.25, 0.3) is 0 Å². The molecule has 0 amide bonds. The highest BCUT2D eigenvalue weighted by Gasteiger charge is 2.30. The maximum Gasteiger partial charge on any atom is 0.140 e. The zero-order chi connectivity index (χ0) is 12.8. The van der Waals surface area contributed by atoms with Crippen LogP contribution < -0.4 is 5.32 Å². The van der Waals surface area contributed by atoms with Gasteiger partial charge in [0.2, 0.25) is 0 Å². The average Bonchev–Trinajstić information content (AvgIpc) is 2.86.